The van der Waals surface area contributed by atoms with Gasteiger partial charge in [-0.05, 0) is 56.5 Å². The Kier molecular flexibility index (Phi) is 54.4. The SMILES string of the molecule is C.C.CC.CC(=O)CO.CC(=O)CO.CC(=O)N1CC(N2CCN([C-]=O)CC2)C1.CS(=O)(=O)c1ccccc1.CS(=O)(=O)c1ccccc1.CSc1ccccc1.[Y].c1ccccc1.c1ccccc1.c1ccccc1. The van der Waals surface area contributed by atoms with Crippen LogP contribution in [0.3, 0.4) is 0 Å². The number of amides is 2. The van der Waals surface area contributed by atoms with Gasteiger partial charge in [-0.1, -0.05) is 192 Å². The predicted molar refractivity (Wildman–Crippen MR) is 312 cm³/mol. The Labute approximate surface area is 486 Å². The number of Topliss-reactive ketones (excluding diaryl/α,β-unsaturated/α-hetero) is 2. The van der Waals surface area contributed by atoms with E-state index < -0.39 is 19.7 Å². The van der Waals surface area contributed by atoms with Gasteiger partial charge in [0.1, 0.15) is 13.2 Å². The molecule has 2 fully saturated rings. The molecule has 0 atom stereocenters. The minimum Gasteiger partial charge on any atom is -0.520 e. The van der Waals surface area contributed by atoms with E-state index in [2.05, 4.69) is 23.3 Å². The van der Waals surface area contributed by atoms with Crippen molar-refractivity contribution in [2.45, 2.75) is 70.2 Å². The molecule has 0 bridgehead atoms. The van der Waals surface area contributed by atoms with Crippen molar-refractivity contribution in [1.29, 1.82) is 0 Å². The third-order valence-electron chi connectivity index (χ3n) is 9.03. The molecule has 417 valence electrons. The second kappa shape index (κ2) is 51.9. The minimum absolute atomic E-state index is 0. The summed E-state index contributed by atoms with van der Waals surface area (Å²) in [4.78, 5) is 48.5. The van der Waals surface area contributed by atoms with Crippen molar-refractivity contribution in [2.75, 3.05) is 71.2 Å². The van der Waals surface area contributed by atoms with Gasteiger partial charge in [-0.3, -0.25) is 19.3 Å². The van der Waals surface area contributed by atoms with Crippen molar-refractivity contribution in [3.8, 4) is 0 Å². The van der Waals surface area contributed by atoms with Gasteiger partial charge in [0.15, 0.2) is 31.2 Å². The number of benzene rings is 6. The van der Waals surface area contributed by atoms with Crippen molar-refractivity contribution in [3.63, 3.8) is 0 Å². The molecule has 1 radical (unpaired) electrons. The van der Waals surface area contributed by atoms with Gasteiger partial charge in [-0.25, -0.2) is 16.8 Å². The summed E-state index contributed by atoms with van der Waals surface area (Å²) in [5.74, 6) is -0.221. The molecule has 13 nitrogen and oxygen atoms in total. The summed E-state index contributed by atoms with van der Waals surface area (Å²) >= 11 is 1.77. The number of likely N-dealkylation sites (tertiary alicyclic amines) is 1. The molecule has 0 aliphatic carbocycles. The molecular weight excluding hydrogens is 1100 g/mol. The maximum absolute atomic E-state index is 11.0. The Hall–Kier alpha value is -5.17. The van der Waals surface area contributed by atoms with Crippen LogP contribution in [0.1, 0.15) is 49.5 Å². The first-order chi connectivity index (χ1) is 34.9. The zero-order valence-corrected chi connectivity index (χ0v) is 49.4. The molecule has 2 aliphatic rings. The monoisotopic (exact) mass is 1180 g/mol. The predicted octanol–water partition coefficient (Wildman–Crippen LogP) is 9.98. The van der Waals surface area contributed by atoms with E-state index in [9.17, 15) is 36.0 Å². The van der Waals surface area contributed by atoms with Crippen LogP contribution in [-0.2, 0) is 71.6 Å². The second-order valence-electron chi connectivity index (χ2n) is 15.1. The average Bonchev–Trinajstić information content (AvgIpc) is 3.42. The van der Waals surface area contributed by atoms with Crippen molar-refractivity contribution in [1.82, 2.24) is 14.7 Å². The maximum atomic E-state index is 11.0. The maximum Gasteiger partial charge on any atom is 0.219 e. The van der Waals surface area contributed by atoms with Gasteiger partial charge in [0, 0.05) is 102 Å². The van der Waals surface area contributed by atoms with E-state index in [1.807, 2.05) is 153 Å². The number of hydrogen-bond donors (Lipinski definition) is 2. The van der Waals surface area contributed by atoms with Gasteiger partial charge in [-0.15, -0.1) is 11.8 Å². The Morgan fingerprint density at radius 1 is 0.513 bits per heavy atom. The summed E-state index contributed by atoms with van der Waals surface area (Å²) in [6.45, 7) is 12.6. The van der Waals surface area contributed by atoms with E-state index in [-0.39, 0.29) is 78.2 Å². The molecule has 6 aromatic carbocycles. The molecule has 2 saturated heterocycles. The number of carbonyl (C=O) groups excluding carboxylic acids is 4. The minimum atomic E-state index is -3.00. The molecule has 0 spiro atoms. The Bertz CT molecular complexity index is 2220. The molecule has 8 rings (SSSR count). The number of thioether (sulfide) groups is 1. The smallest absolute Gasteiger partial charge is 0.219 e. The van der Waals surface area contributed by atoms with Gasteiger partial charge in [0.2, 0.25) is 5.91 Å². The van der Waals surface area contributed by atoms with Crippen LogP contribution in [0.2, 0.25) is 0 Å². The molecule has 0 aromatic heterocycles. The van der Waals surface area contributed by atoms with Gasteiger partial charge < -0.3 is 24.8 Å². The van der Waals surface area contributed by atoms with E-state index in [0.29, 0.717) is 15.8 Å². The van der Waals surface area contributed by atoms with E-state index in [1.54, 1.807) is 84.2 Å². The number of carbonyl (C=O) groups is 3. The van der Waals surface area contributed by atoms with Crippen LogP contribution in [0.25, 0.3) is 0 Å². The van der Waals surface area contributed by atoms with Crippen LogP contribution < -0.4 is 0 Å². The third-order valence-corrected chi connectivity index (χ3v) is 12.0. The van der Waals surface area contributed by atoms with Crippen LogP contribution in [0.15, 0.2) is 215 Å². The first-order valence-electron chi connectivity index (χ1n) is 23.3. The summed E-state index contributed by atoms with van der Waals surface area (Å²) in [5.41, 5.74) is 0. The molecule has 2 N–H and O–H groups in total. The van der Waals surface area contributed by atoms with Crippen molar-refractivity contribution < 1.29 is 78.9 Å². The Morgan fingerprint density at radius 3 is 0.921 bits per heavy atom. The summed E-state index contributed by atoms with van der Waals surface area (Å²) in [5, 5.41) is 15.6. The van der Waals surface area contributed by atoms with Crippen LogP contribution in [0.5, 0.6) is 0 Å². The number of aliphatic hydroxyl groups excluding tert-OH is 2. The zero-order valence-electron chi connectivity index (χ0n) is 44.1. The number of nitrogens with zero attached hydrogens (tertiary/aromatic N) is 3. The fourth-order valence-electron chi connectivity index (χ4n) is 5.17. The van der Waals surface area contributed by atoms with Gasteiger partial charge in [0.05, 0.1) is 9.79 Å². The van der Waals surface area contributed by atoms with E-state index in [0.717, 1.165) is 39.3 Å². The van der Waals surface area contributed by atoms with Crippen LogP contribution >= 0.6 is 11.8 Å². The largest absolute Gasteiger partial charge is 0.520 e. The molecule has 2 amide bonds. The first kappa shape index (κ1) is 79.7. The van der Waals surface area contributed by atoms with E-state index in [1.165, 1.54) is 31.3 Å². The van der Waals surface area contributed by atoms with Crippen LogP contribution in [-0.4, -0.2) is 143 Å². The third kappa shape index (κ3) is 46.2. The number of piperazine rings is 1. The molecule has 0 unspecified atom stereocenters. The quantitative estimate of drug-likeness (QED) is 0.114. The fraction of sp³-hybridized carbons (Fsp3) is 0.322. The molecule has 17 heteroatoms. The van der Waals surface area contributed by atoms with Gasteiger partial charge >= 0.3 is 0 Å². The summed E-state index contributed by atoms with van der Waals surface area (Å²) in [7, 11) is -6.01. The summed E-state index contributed by atoms with van der Waals surface area (Å²) in [6.07, 6.45) is 6.39. The normalized spacial score (nSPS) is 11.6. The molecule has 2 heterocycles. The number of sulfone groups is 2. The van der Waals surface area contributed by atoms with Crippen LogP contribution in [0.4, 0.5) is 0 Å². The summed E-state index contributed by atoms with van der Waals surface area (Å²) < 4.78 is 43.3. The average molecular weight is 1180 g/mol. The molecular formula is C59H84N3O10S3Y-. The summed E-state index contributed by atoms with van der Waals surface area (Å²) in [6, 6.07) is 63.5. The number of hydrogen-bond acceptors (Lipinski definition) is 12. The van der Waals surface area contributed by atoms with Crippen LogP contribution in [0, 0.1) is 0 Å². The number of ketones is 2. The molecule has 2 aliphatic heterocycles. The fourth-order valence-corrected chi connectivity index (χ4v) is 6.90. The molecule has 6 aromatic rings. The first-order valence-corrected chi connectivity index (χ1v) is 28.3. The Balaban J connectivity index is -0.000000252. The van der Waals surface area contributed by atoms with Gasteiger partial charge in [0.25, 0.3) is 0 Å². The van der Waals surface area contributed by atoms with Gasteiger partial charge in [-0.2, -0.15) is 6.41 Å². The standard InChI is InChI=1S/C10H16N3O2.2C7H8O2S.C7H8S.3C6H6.2C3H6O2.C2H6.2CH4.Y/c1-9(15)13-6-10(7-13)12-4-2-11(8-14)3-5-12;2*1-10(8,9)7-5-3-2-4-6-7;1-8-7-5-3-2-4-6-7;3*1-2-4-6-5-3-1;2*1-3(5)2-4;1-2;;;/h10H,2-7H2,1H3;2*2-6H,1H3;2-6H,1H3;3*1-6H;2*4H,2H2,1H3;1-2H3;2*1H4;/q-1;;;;;;;;;;;;. The van der Waals surface area contributed by atoms with Crippen molar-refractivity contribution >= 4 is 55.3 Å². The second-order valence-corrected chi connectivity index (χ2v) is 20.0. The molecule has 76 heavy (non-hydrogen) atoms. The number of rotatable bonds is 7. The van der Waals surface area contributed by atoms with Crippen molar-refractivity contribution in [2.24, 2.45) is 0 Å². The van der Waals surface area contributed by atoms with Crippen molar-refractivity contribution in [3.05, 3.63) is 200 Å². The molecule has 0 saturated carbocycles. The number of aliphatic hydroxyl groups is 2. The topological polar surface area (TPSA) is 187 Å². The zero-order chi connectivity index (χ0) is 55.2. The van der Waals surface area contributed by atoms with E-state index in [4.69, 9.17) is 10.2 Å². The van der Waals surface area contributed by atoms with E-state index >= 15 is 0 Å². The Morgan fingerprint density at radius 2 is 0.750 bits per heavy atom.